The van der Waals surface area contributed by atoms with Crippen molar-refractivity contribution in [2.45, 2.75) is 18.9 Å². The molecule has 0 aliphatic carbocycles. The molecule has 2 aromatic rings. The molecule has 0 aromatic heterocycles. The maximum absolute atomic E-state index is 13.6. The van der Waals surface area contributed by atoms with E-state index >= 15 is 0 Å². The molecule has 0 radical (unpaired) electrons. The van der Waals surface area contributed by atoms with Crippen LogP contribution in [0.2, 0.25) is 0 Å². The summed E-state index contributed by atoms with van der Waals surface area (Å²) in [6.07, 6.45) is 1.45. The van der Waals surface area contributed by atoms with Gasteiger partial charge in [-0.05, 0) is 37.1 Å². The number of benzene rings is 2. The van der Waals surface area contributed by atoms with Gasteiger partial charge in [0.15, 0.2) is 11.6 Å². The quantitative estimate of drug-likeness (QED) is 0.858. The number of rotatable bonds is 6. The molecule has 0 fully saturated rings. The summed E-state index contributed by atoms with van der Waals surface area (Å²) in [7, 11) is 0. The van der Waals surface area contributed by atoms with E-state index in [0.717, 1.165) is 18.4 Å². The summed E-state index contributed by atoms with van der Waals surface area (Å²) < 4.78 is 19.4. The van der Waals surface area contributed by atoms with Crippen LogP contribution < -0.4 is 10.5 Å². The standard InChI is InChI=1S/C16H18FNO/c17-14-9-4-5-10-16(14)19-15(11-6-12-18)13-7-2-1-3-8-13/h1-5,7-10,15H,6,11-12,18H2. The number of ether oxygens (including phenoxy) is 1. The molecular weight excluding hydrogens is 241 g/mol. The fourth-order valence-corrected chi connectivity index (χ4v) is 1.96. The molecule has 0 saturated carbocycles. The molecule has 0 aliphatic rings. The van der Waals surface area contributed by atoms with Gasteiger partial charge < -0.3 is 10.5 Å². The second-order valence-corrected chi connectivity index (χ2v) is 4.38. The van der Waals surface area contributed by atoms with Gasteiger partial charge in [0.25, 0.3) is 0 Å². The summed E-state index contributed by atoms with van der Waals surface area (Å²) in [6.45, 7) is 0.601. The largest absolute Gasteiger partial charge is 0.483 e. The third-order valence-corrected chi connectivity index (χ3v) is 2.95. The first-order valence-electron chi connectivity index (χ1n) is 6.47. The maximum atomic E-state index is 13.6. The monoisotopic (exact) mass is 259 g/mol. The Kier molecular flexibility index (Phi) is 4.93. The summed E-state index contributed by atoms with van der Waals surface area (Å²) in [5.74, 6) is -0.0513. The Morgan fingerprint density at radius 3 is 2.37 bits per heavy atom. The van der Waals surface area contributed by atoms with Gasteiger partial charge in [0.2, 0.25) is 0 Å². The molecule has 2 nitrogen and oxygen atoms in total. The molecule has 2 aromatic carbocycles. The highest BCUT2D eigenvalue weighted by Crippen LogP contribution is 2.27. The summed E-state index contributed by atoms with van der Waals surface area (Å²) >= 11 is 0. The van der Waals surface area contributed by atoms with Crippen molar-refractivity contribution in [1.29, 1.82) is 0 Å². The molecule has 0 spiro atoms. The zero-order valence-corrected chi connectivity index (χ0v) is 10.8. The fraction of sp³-hybridized carbons (Fsp3) is 0.250. The first-order valence-corrected chi connectivity index (χ1v) is 6.47. The minimum atomic E-state index is -0.337. The Bertz CT molecular complexity index is 501. The van der Waals surface area contributed by atoms with Crippen LogP contribution in [0.1, 0.15) is 24.5 Å². The van der Waals surface area contributed by atoms with Crippen molar-refractivity contribution in [3.63, 3.8) is 0 Å². The molecule has 100 valence electrons. The van der Waals surface area contributed by atoms with Crippen molar-refractivity contribution >= 4 is 0 Å². The predicted octanol–water partition coefficient (Wildman–Crippen LogP) is 3.68. The van der Waals surface area contributed by atoms with Crippen LogP contribution >= 0.6 is 0 Å². The lowest BCUT2D eigenvalue weighted by Crippen LogP contribution is -2.11. The normalized spacial score (nSPS) is 12.1. The molecule has 0 saturated heterocycles. The van der Waals surface area contributed by atoms with Gasteiger partial charge in [-0.3, -0.25) is 0 Å². The van der Waals surface area contributed by atoms with Gasteiger partial charge in [-0.15, -0.1) is 0 Å². The lowest BCUT2D eigenvalue weighted by Gasteiger charge is -2.19. The SMILES string of the molecule is NCCCC(Oc1ccccc1F)c1ccccc1. The van der Waals surface area contributed by atoms with E-state index in [1.165, 1.54) is 6.07 Å². The van der Waals surface area contributed by atoms with Crippen molar-refractivity contribution in [2.75, 3.05) is 6.54 Å². The van der Waals surface area contributed by atoms with Gasteiger partial charge in [0.05, 0.1) is 0 Å². The molecule has 19 heavy (non-hydrogen) atoms. The number of halogens is 1. The minimum Gasteiger partial charge on any atom is -0.483 e. The van der Waals surface area contributed by atoms with Crippen molar-refractivity contribution in [3.05, 3.63) is 66.0 Å². The second kappa shape index (κ2) is 6.90. The summed E-state index contributed by atoms with van der Waals surface area (Å²) in [4.78, 5) is 0. The first kappa shape index (κ1) is 13.6. The van der Waals surface area contributed by atoms with Crippen LogP contribution in [0.15, 0.2) is 54.6 Å². The Morgan fingerprint density at radius 2 is 1.68 bits per heavy atom. The van der Waals surface area contributed by atoms with E-state index in [9.17, 15) is 4.39 Å². The van der Waals surface area contributed by atoms with Crippen LogP contribution in [0.3, 0.4) is 0 Å². The molecule has 0 amide bonds. The van der Waals surface area contributed by atoms with Crippen LogP contribution in [0.5, 0.6) is 5.75 Å². The zero-order chi connectivity index (χ0) is 13.5. The summed E-state index contributed by atoms with van der Waals surface area (Å²) in [6, 6.07) is 16.3. The molecule has 1 atom stereocenters. The Morgan fingerprint density at radius 1 is 1.00 bits per heavy atom. The molecule has 0 bridgehead atoms. The van der Waals surface area contributed by atoms with Gasteiger partial charge in [0, 0.05) is 0 Å². The third-order valence-electron chi connectivity index (χ3n) is 2.95. The fourth-order valence-electron chi connectivity index (χ4n) is 1.96. The van der Waals surface area contributed by atoms with E-state index in [-0.39, 0.29) is 17.7 Å². The van der Waals surface area contributed by atoms with Gasteiger partial charge in [-0.1, -0.05) is 42.5 Å². The highest BCUT2D eigenvalue weighted by Gasteiger charge is 2.14. The van der Waals surface area contributed by atoms with E-state index in [0.29, 0.717) is 6.54 Å². The van der Waals surface area contributed by atoms with E-state index in [1.54, 1.807) is 18.2 Å². The second-order valence-electron chi connectivity index (χ2n) is 4.38. The minimum absolute atomic E-state index is 0.165. The average Bonchev–Trinajstić information content (AvgIpc) is 2.46. The van der Waals surface area contributed by atoms with Crippen LogP contribution in [0, 0.1) is 5.82 Å². The molecule has 2 rings (SSSR count). The molecule has 0 aliphatic heterocycles. The van der Waals surface area contributed by atoms with Crippen molar-refractivity contribution < 1.29 is 9.13 Å². The lowest BCUT2D eigenvalue weighted by molar-refractivity contribution is 0.184. The molecular formula is C16H18FNO. The van der Waals surface area contributed by atoms with Crippen molar-refractivity contribution in [3.8, 4) is 5.75 Å². The van der Waals surface area contributed by atoms with E-state index in [2.05, 4.69) is 0 Å². The van der Waals surface area contributed by atoms with Crippen molar-refractivity contribution in [2.24, 2.45) is 5.73 Å². The Labute approximate surface area is 113 Å². The van der Waals surface area contributed by atoms with Crippen LogP contribution in [-0.4, -0.2) is 6.54 Å². The van der Waals surface area contributed by atoms with Gasteiger partial charge in [-0.2, -0.15) is 0 Å². The summed E-state index contributed by atoms with van der Waals surface area (Å²) in [5, 5.41) is 0. The van der Waals surface area contributed by atoms with Crippen molar-refractivity contribution in [1.82, 2.24) is 0 Å². The van der Waals surface area contributed by atoms with E-state index < -0.39 is 0 Å². The molecule has 0 heterocycles. The van der Waals surface area contributed by atoms with Gasteiger partial charge >= 0.3 is 0 Å². The zero-order valence-electron chi connectivity index (χ0n) is 10.8. The first-order chi connectivity index (χ1) is 9.31. The highest BCUT2D eigenvalue weighted by molar-refractivity contribution is 5.26. The third kappa shape index (κ3) is 3.80. The predicted molar refractivity (Wildman–Crippen MR) is 74.5 cm³/mol. The Hall–Kier alpha value is -1.87. The van der Waals surface area contributed by atoms with Crippen LogP contribution in [-0.2, 0) is 0 Å². The van der Waals surface area contributed by atoms with Crippen LogP contribution in [0.4, 0.5) is 4.39 Å². The molecule has 2 N–H and O–H groups in total. The van der Waals surface area contributed by atoms with Gasteiger partial charge in [0.1, 0.15) is 6.10 Å². The number of para-hydroxylation sites is 1. The number of hydrogen-bond acceptors (Lipinski definition) is 2. The topological polar surface area (TPSA) is 35.2 Å². The van der Waals surface area contributed by atoms with E-state index in [4.69, 9.17) is 10.5 Å². The molecule has 1 unspecified atom stereocenters. The summed E-state index contributed by atoms with van der Waals surface area (Å²) in [5.41, 5.74) is 6.59. The van der Waals surface area contributed by atoms with Crippen LogP contribution in [0.25, 0.3) is 0 Å². The lowest BCUT2D eigenvalue weighted by atomic mass is 10.0. The number of nitrogens with two attached hydrogens (primary N) is 1. The highest BCUT2D eigenvalue weighted by atomic mass is 19.1. The number of hydrogen-bond donors (Lipinski definition) is 1. The molecule has 3 heteroatoms. The maximum Gasteiger partial charge on any atom is 0.165 e. The Balaban J connectivity index is 2.17. The average molecular weight is 259 g/mol. The van der Waals surface area contributed by atoms with Gasteiger partial charge in [-0.25, -0.2) is 4.39 Å². The smallest absolute Gasteiger partial charge is 0.165 e. The van der Waals surface area contributed by atoms with E-state index in [1.807, 2.05) is 30.3 Å².